The zero-order valence-corrected chi connectivity index (χ0v) is 17.9. The highest BCUT2D eigenvalue weighted by Gasteiger charge is 2.17. The minimum Gasteiger partial charge on any atom is -0.465 e. The van der Waals surface area contributed by atoms with Crippen molar-refractivity contribution in [2.24, 2.45) is 0 Å². The van der Waals surface area contributed by atoms with Crippen molar-refractivity contribution in [3.63, 3.8) is 0 Å². The summed E-state index contributed by atoms with van der Waals surface area (Å²) in [5.41, 5.74) is 10.6. The second-order valence-electron chi connectivity index (χ2n) is 7.38. The van der Waals surface area contributed by atoms with Gasteiger partial charge in [-0.05, 0) is 48.0 Å². The number of esters is 1. The molecule has 4 rings (SSSR count). The molecule has 0 saturated carbocycles. The number of benzene rings is 3. The van der Waals surface area contributed by atoms with E-state index in [1.807, 2.05) is 59.2 Å². The minimum absolute atomic E-state index is 0.154. The quantitative estimate of drug-likeness (QED) is 0.316. The molecule has 0 atom stereocenters. The van der Waals surface area contributed by atoms with E-state index in [0.29, 0.717) is 29.2 Å². The Bertz CT molecular complexity index is 1300. The number of nitrogens with zero attached hydrogens (tertiary/aromatic N) is 1. The van der Waals surface area contributed by atoms with Crippen molar-refractivity contribution < 1.29 is 14.3 Å². The molecule has 162 valence electrons. The number of ether oxygens (including phenoxy) is 1. The van der Waals surface area contributed by atoms with Gasteiger partial charge >= 0.3 is 5.97 Å². The van der Waals surface area contributed by atoms with E-state index in [1.54, 1.807) is 25.2 Å². The third-order valence-electron chi connectivity index (χ3n) is 5.27. The molecule has 0 aliphatic carbocycles. The molecule has 1 aromatic heterocycles. The van der Waals surface area contributed by atoms with Gasteiger partial charge in [0.15, 0.2) is 0 Å². The Balaban J connectivity index is 1.74. The molecule has 32 heavy (non-hydrogen) atoms. The third-order valence-corrected chi connectivity index (χ3v) is 5.27. The average Bonchev–Trinajstić information content (AvgIpc) is 3.17. The first-order valence-electron chi connectivity index (χ1n) is 10.1. The van der Waals surface area contributed by atoms with Crippen LogP contribution in [0.5, 0.6) is 0 Å². The van der Waals surface area contributed by atoms with Crippen LogP contribution in [0.1, 0.15) is 26.4 Å². The fraction of sp³-hybridized carbons (Fsp3) is 0.120. The molecule has 0 fully saturated rings. The average molecular weight is 428 g/mol. The van der Waals surface area contributed by atoms with Crippen molar-refractivity contribution >= 4 is 39.8 Å². The fourth-order valence-corrected chi connectivity index (χ4v) is 3.71. The number of fused-ring (bicyclic) bond motifs is 1. The number of aromatic nitrogens is 1. The summed E-state index contributed by atoms with van der Waals surface area (Å²) in [5.74, 6) is -0.630. The number of nitrogen functional groups attached to an aromatic ring is 1. The van der Waals surface area contributed by atoms with E-state index in [4.69, 9.17) is 10.5 Å². The molecule has 0 aliphatic heterocycles. The van der Waals surface area contributed by atoms with Gasteiger partial charge in [0.05, 0.1) is 18.4 Å². The predicted octanol–water partition coefficient (Wildman–Crippen LogP) is 4.16. The molecule has 7 nitrogen and oxygen atoms in total. The van der Waals surface area contributed by atoms with Gasteiger partial charge in [0.1, 0.15) is 5.69 Å². The number of hydrogen-bond donors (Lipinski definition) is 3. The molecule has 0 unspecified atom stereocenters. The van der Waals surface area contributed by atoms with E-state index < -0.39 is 5.97 Å². The molecule has 4 N–H and O–H groups in total. The van der Waals surface area contributed by atoms with Crippen LogP contribution in [0.4, 0.5) is 17.1 Å². The lowest BCUT2D eigenvalue weighted by molar-refractivity contribution is 0.0601. The maximum atomic E-state index is 12.5. The van der Waals surface area contributed by atoms with Crippen molar-refractivity contribution in [3.05, 3.63) is 89.6 Å². The highest BCUT2D eigenvalue weighted by Crippen LogP contribution is 2.29. The number of carbonyl (C=O) groups excluding carboxylic acids is 2. The number of hydrogen-bond acceptors (Lipinski definition) is 5. The highest BCUT2D eigenvalue weighted by molar-refractivity contribution is 6.00. The molecule has 0 bridgehead atoms. The predicted molar refractivity (Wildman–Crippen MR) is 126 cm³/mol. The molecule has 0 radical (unpaired) electrons. The first kappa shape index (κ1) is 21.0. The molecule has 7 heteroatoms. The molecule has 0 saturated heterocycles. The van der Waals surface area contributed by atoms with Crippen molar-refractivity contribution in [2.45, 2.75) is 6.54 Å². The first-order chi connectivity index (χ1) is 15.5. The summed E-state index contributed by atoms with van der Waals surface area (Å²) in [6, 6.07) is 22.7. The monoisotopic (exact) mass is 428 g/mol. The highest BCUT2D eigenvalue weighted by atomic mass is 16.5. The number of rotatable bonds is 6. The number of anilines is 3. The van der Waals surface area contributed by atoms with Gasteiger partial charge in [0.2, 0.25) is 0 Å². The zero-order valence-electron chi connectivity index (χ0n) is 17.9. The first-order valence-corrected chi connectivity index (χ1v) is 10.1. The van der Waals surface area contributed by atoms with Gasteiger partial charge < -0.3 is 25.7 Å². The summed E-state index contributed by atoms with van der Waals surface area (Å²) in [6.07, 6.45) is 0. The smallest absolute Gasteiger partial charge is 0.340 e. The van der Waals surface area contributed by atoms with Crippen LogP contribution < -0.4 is 16.4 Å². The van der Waals surface area contributed by atoms with Crippen molar-refractivity contribution in [1.82, 2.24) is 9.88 Å². The van der Waals surface area contributed by atoms with Crippen LogP contribution in [-0.2, 0) is 11.3 Å². The molecule has 3 aromatic carbocycles. The van der Waals surface area contributed by atoms with Crippen molar-refractivity contribution in [2.75, 3.05) is 25.2 Å². The SMILES string of the molecule is CNC(=O)c1cc2cc(Nc3ccc(N)cc3C(=O)OC)ccc2n1Cc1ccccc1. The fourth-order valence-electron chi connectivity index (χ4n) is 3.71. The lowest BCUT2D eigenvalue weighted by Gasteiger charge is -2.13. The number of methoxy groups -OCH3 is 1. The van der Waals surface area contributed by atoms with Gasteiger partial charge in [-0.25, -0.2) is 4.79 Å². The summed E-state index contributed by atoms with van der Waals surface area (Å²) in [7, 11) is 2.95. The van der Waals surface area contributed by atoms with Gasteiger partial charge in [-0.3, -0.25) is 4.79 Å². The minimum atomic E-state index is -0.475. The van der Waals surface area contributed by atoms with Crippen molar-refractivity contribution in [3.8, 4) is 0 Å². The molecular formula is C25H24N4O3. The van der Waals surface area contributed by atoms with Crippen LogP contribution in [-0.4, -0.2) is 30.6 Å². The topological polar surface area (TPSA) is 98.4 Å². The summed E-state index contributed by atoms with van der Waals surface area (Å²) < 4.78 is 6.87. The Kier molecular flexibility index (Phi) is 5.81. The molecule has 4 aromatic rings. The normalized spacial score (nSPS) is 10.7. The van der Waals surface area contributed by atoms with E-state index in [1.165, 1.54) is 7.11 Å². The maximum absolute atomic E-state index is 12.5. The lowest BCUT2D eigenvalue weighted by Crippen LogP contribution is -2.21. The Hall–Kier alpha value is -4.26. The van der Waals surface area contributed by atoms with Crippen LogP contribution in [0.3, 0.4) is 0 Å². The zero-order chi connectivity index (χ0) is 22.7. The van der Waals surface area contributed by atoms with E-state index in [2.05, 4.69) is 10.6 Å². The van der Waals surface area contributed by atoms with Gasteiger partial charge in [-0.15, -0.1) is 0 Å². The van der Waals surface area contributed by atoms with Crippen LogP contribution >= 0.6 is 0 Å². The van der Waals surface area contributed by atoms with E-state index in [-0.39, 0.29) is 5.91 Å². The largest absolute Gasteiger partial charge is 0.465 e. The van der Waals surface area contributed by atoms with E-state index in [9.17, 15) is 9.59 Å². The Morgan fingerprint density at radius 3 is 2.50 bits per heavy atom. The Morgan fingerprint density at radius 2 is 1.78 bits per heavy atom. The maximum Gasteiger partial charge on any atom is 0.340 e. The number of nitrogens with one attached hydrogen (secondary N) is 2. The van der Waals surface area contributed by atoms with Gasteiger partial charge in [-0.2, -0.15) is 0 Å². The number of amides is 1. The Morgan fingerprint density at radius 1 is 1.00 bits per heavy atom. The molecule has 0 aliphatic rings. The standard InChI is InChI=1S/C25H24N4O3/c1-27-24(30)23-13-17-12-19(28-21-10-8-18(26)14-20(21)25(31)32-2)9-11-22(17)29(23)15-16-6-4-3-5-7-16/h3-14,28H,15,26H2,1-2H3,(H,27,30). The lowest BCUT2D eigenvalue weighted by atomic mass is 10.1. The van der Waals surface area contributed by atoms with Crippen LogP contribution in [0, 0.1) is 0 Å². The van der Waals surface area contributed by atoms with Gasteiger partial charge in [-0.1, -0.05) is 30.3 Å². The van der Waals surface area contributed by atoms with E-state index in [0.717, 1.165) is 22.2 Å². The molecule has 1 heterocycles. The second kappa shape index (κ2) is 8.85. The molecule has 1 amide bonds. The van der Waals surface area contributed by atoms with Crippen LogP contribution in [0.25, 0.3) is 10.9 Å². The second-order valence-corrected chi connectivity index (χ2v) is 7.38. The van der Waals surface area contributed by atoms with E-state index >= 15 is 0 Å². The summed E-state index contributed by atoms with van der Waals surface area (Å²) in [6.45, 7) is 0.574. The molecular weight excluding hydrogens is 404 g/mol. The van der Waals surface area contributed by atoms with Crippen LogP contribution in [0.15, 0.2) is 72.8 Å². The molecule has 0 spiro atoms. The van der Waals surface area contributed by atoms with Crippen molar-refractivity contribution in [1.29, 1.82) is 0 Å². The summed E-state index contributed by atoms with van der Waals surface area (Å²) in [5, 5.41) is 6.88. The van der Waals surface area contributed by atoms with Crippen LogP contribution in [0.2, 0.25) is 0 Å². The number of nitrogens with two attached hydrogens (primary N) is 1. The summed E-state index contributed by atoms with van der Waals surface area (Å²) in [4.78, 5) is 24.7. The Labute approximate surface area is 185 Å². The number of carbonyl (C=O) groups is 2. The third kappa shape index (κ3) is 4.13. The van der Waals surface area contributed by atoms with Gasteiger partial charge in [0.25, 0.3) is 5.91 Å². The summed E-state index contributed by atoms with van der Waals surface area (Å²) >= 11 is 0. The van der Waals surface area contributed by atoms with Gasteiger partial charge in [0, 0.05) is 35.9 Å².